The average Bonchev–Trinajstić information content (AvgIpc) is 3.25. The van der Waals surface area contributed by atoms with E-state index in [1.807, 2.05) is 5.32 Å². The van der Waals surface area contributed by atoms with E-state index < -0.39 is 118 Å². The van der Waals surface area contributed by atoms with E-state index in [1.54, 1.807) is 96.1 Å². The Labute approximate surface area is 403 Å². The lowest BCUT2D eigenvalue weighted by Crippen LogP contribution is -2.62. The topological polar surface area (TPSA) is 281 Å². The van der Waals surface area contributed by atoms with Crippen LogP contribution in [0.5, 0.6) is 0 Å². The van der Waals surface area contributed by atoms with E-state index in [1.165, 1.54) is 0 Å². The number of hydrogen-bond donors (Lipinski definition) is 8. The van der Waals surface area contributed by atoms with E-state index in [-0.39, 0.29) is 42.2 Å². The Morgan fingerprint density at radius 2 is 1.33 bits per heavy atom. The largest absolute Gasteiger partial charge is 0.394 e. The molecule has 6 atom stereocenters. The lowest BCUT2D eigenvalue weighted by molar-refractivity contribution is -0.147. The number of carbonyl (C=O) groups is 7. The minimum absolute atomic E-state index is 0.0486. The van der Waals surface area contributed by atoms with Crippen molar-refractivity contribution in [2.75, 3.05) is 13.2 Å². The van der Waals surface area contributed by atoms with Crippen molar-refractivity contribution in [3.05, 3.63) is 100 Å². The van der Waals surface area contributed by atoms with Crippen LogP contribution < -0.4 is 37.0 Å². The Kier molecular flexibility index (Phi) is 21.3. The third-order valence-corrected chi connectivity index (χ3v) is 11.7. The van der Waals surface area contributed by atoms with Crippen LogP contribution in [0.25, 0.3) is 0 Å². The van der Waals surface area contributed by atoms with Gasteiger partial charge in [-0.1, -0.05) is 101 Å². The standard InChI is InChI=1S/C46H59ClF3N7O11S/c1-26(2)18-33(40(61)52-31(22-58)21-46(48,49)50)54-44(65)38(45(4,5)6)57-41(62)34(19-29-15-11-10-12-27(29)3)53-43(64)36(25-68-24-28-13-8-7-9-14-28)56-42(63)35(23-59)55-39(60)30-16-17-32(47)37(20-30)69(51,66)67/h7-17,20,22,26,31,33-36,38,59H,18-19,21,23-25H2,1-6H3,(H,52,61)(H,53,64)(H,54,65)(H,55,60)(H,56,63)(H,57,62)(H2,51,66,67)/t31?,33-,34-,35-,36+,38+/m0/s1. The first-order valence-electron chi connectivity index (χ1n) is 21.6. The zero-order valence-corrected chi connectivity index (χ0v) is 40.4. The fourth-order valence-corrected chi connectivity index (χ4v) is 7.78. The van der Waals surface area contributed by atoms with Gasteiger partial charge in [0.1, 0.15) is 41.4 Å². The molecule has 0 saturated heterocycles. The van der Waals surface area contributed by atoms with Gasteiger partial charge < -0.3 is 46.5 Å². The summed E-state index contributed by atoms with van der Waals surface area (Å²) in [5.74, 6) is -6.27. The highest BCUT2D eigenvalue weighted by Crippen LogP contribution is 2.24. The highest BCUT2D eigenvalue weighted by Gasteiger charge is 2.39. The third kappa shape index (κ3) is 18.8. The van der Waals surface area contributed by atoms with E-state index in [0.717, 1.165) is 18.2 Å². The number of aryl methyl sites for hydroxylation is 1. The first kappa shape index (κ1) is 57.4. The zero-order valence-electron chi connectivity index (χ0n) is 38.8. The van der Waals surface area contributed by atoms with Crippen LogP contribution in [0, 0.1) is 18.3 Å². The molecule has 1 unspecified atom stereocenters. The summed E-state index contributed by atoms with van der Waals surface area (Å²) in [5.41, 5.74) is 0.588. The molecule has 378 valence electrons. The summed E-state index contributed by atoms with van der Waals surface area (Å²) in [7, 11) is -4.37. The number of aliphatic hydroxyl groups excluding tert-OH is 1. The smallest absolute Gasteiger partial charge is 0.391 e. The number of rotatable bonds is 24. The molecule has 9 N–H and O–H groups in total. The average molecular weight is 1010 g/mol. The number of carbonyl (C=O) groups excluding carboxylic acids is 7. The first-order valence-corrected chi connectivity index (χ1v) is 23.5. The number of amides is 6. The molecule has 0 aliphatic rings. The second-order valence-corrected chi connectivity index (χ2v) is 19.7. The number of halogens is 4. The monoisotopic (exact) mass is 1010 g/mol. The van der Waals surface area contributed by atoms with Gasteiger partial charge in [0.05, 0.1) is 37.3 Å². The number of sulfonamides is 1. The Morgan fingerprint density at radius 3 is 1.90 bits per heavy atom. The van der Waals surface area contributed by atoms with Crippen LogP contribution in [0.4, 0.5) is 13.2 Å². The van der Waals surface area contributed by atoms with Gasteiger partial charge >= 0.3 is 6.18 Å². The minimum atomic E-state index is -4.79. The summed E-state index contributed by atoms with van der Waals surface area (Å²) < 4.78 is 69.2. The molecule has 0 radical (unpaired) electrons. The van der Waals surface area contributed by atoms with Crippen molar-refractivity contribution in [2.24, 2.45) is 16.5 Å². The number of aliphatic hydroxyl groups is 1. The van der Waals surface area contributed by atoms with Crippen molar-refractivity contribution < 1.29 is 65.0 Å². The molecule has 3 aromatic carbocycles. The van der Waals surface area contributed by atoms with Crippen molar-refractivity contribution in [2.45, 2.75) is 115 Å². The summed E-state index contributed by atoms with van der Waals surface area (Å²) in [6.07, 6.45) is -6.72. The summed E-state index contributed by atoms with van der Waals surface area (Å²) in [6.45, 7) is 8.34. The maximum atomic E-state index is 14.4. The molecule has 0 heterocycles. The van der Waals surface area contributed by atoms with Crippen LogP contribution in [0.2, 0.25) is 5.02 Å². The SMILES string of the molecule is Cc1ccccc1C[C@H](NC(=O)[C@@H](COCc1ccccc1)NC(=O)[C@H](CO)NC(=O)c1ccc(Cl)c(S(N)(=O)=O)c1)C(=O)N[C@H](C(=O)N[C@@H](CC(C)C)C(=O)NC(C=O)CC(F)(F)F)C(C)(C)C. The fraction of sp³-hybridized carbons (Fsp3) is 0.457. The normalized spacial score (nSPS) is 14.5. The Hall–Kier alpha value is -5.94. The molecule has 0 bridgehead atoms. The molecule has 3 rings (SSSR count). The van der Waals surface area contributed by atoms with Gasteiger partial charge in [0.15, 0.2) is 0 Å². The second-order valence-electron chi connectivity index (χ2n) is 17.7. The highest BCUT2D eigenvalue weighted by atomic mass is 35.5. The molecule has 69 heavy (non-hydrogen) atoms. The molecule has 0 spiro atoms. The number of nitrogens with two attached hydrogens (primary N) is 1. The van der Waals surface area contributed by atoms with E-state index in [4.69, 9.17) is 21.5 Å². The van der Waals surface area contributed by atoms with Crippen LogP contribution in [-0.2, 0) is 56.6 Å². The van der Waals surface area contributed by atoms with E-state index in [2.05, 4.69) is 26.6 Å². The third-order valence-electron chi connectivity index (χ3n) is 10.3. The van der Waals surface area contributed by atoms with Crippen molar-refractivity contribution in [1.29, 1.82) is 0 Å². The van der Waals surface area contributed by atoms with Gasteiger partial charge in [-0.3, -0.25) is 28.8 Å². The Bertz CT molecular complexity index is 2400. The van der Waals surface area contributed by atoms with Gasteiger partial charge in [-0.2, -0.15) is 13.2 Å². The summed E-state index contributed by atoms with van der Waals surface area (Å²) in [4.78, 5) is 93.9. The Balaban J connectivity index is 1.96. The van der Waals surface area contributed by atoms with Gasteiger partial charge in [-0.25, -0.2) is 13.6 Å². The molecular formula is C46H59ClF3N7O11S. The molecule has 6 amide bonds. The number of benzene rings is 3. The molecule has 0 saturated carbocycles. The number of alkyl halides is 3. The number of primary sulfonamides is 1. The molecule has 23 heteroatoms. The van der Waals surface area contributed by atoms with Crippen LogP contribution in [0.1, 0.15) is 74.5 Å². The first-order chi connectivity index (χ1) is 32.1. The van der Waals surface area contributed by atoms with Crippen molar-refractivity contribution in [3.8, 4) is 0 Å². The molecule has 0 aromatic heterocycles. The van der Waals surface area contributed by atoms with E-state index in [9.17, 15) is 60.3 Å². The van der Waals surface area contributed by atoms with Crippen LogP contribution in [0.15, 0.2) is 77.7 Å². The number of ether oxygens (including phenoxy) is 1. The number of hydrogen-bond acceptors (Lipinski definition) is 11. The molecule has 0 aliphatic heterocycles. The van der Waals surface area contributed by atoms with Crippen molar-refractivity contribution >= 4 is 63.4 Å². The van der Waals surface area contributed by atoms with E-state index in [0.29, 0.717) is 16.7 Å². The van der Waals surface area contributed by atoms with Crippen LogP contribution >= 0.6 is 11.6 Å². The fourth-order valence-electron chi connectivity index (χ4n) is 6.71. The molecular weight excluding hydrogens is 951 g/mol. The highest BCUT2D eigenvalue weighted by molar-refractivity contribution is 7.89. The lowest BCUT2D eigenvalue weighted by atomic mass is 9.85. The summed E-state index contributed by atoms with van der Waals surface area (Å²) >= 11 is 5.94. The van der Waals surface area contributed by atoms with Crippen LogP contribution in [0.3, 0.4) is 0 Å². The number of nitrogens with one attached hydrogen (secondary N) is 6. The van der Waals surface area contributed by atoms with E-state index >= 15 is 0 Å². The number of aldehydes is 1. The summed E-state index contributed by atoms with van der Waals surface area (Å²) in [6, 6.07) is 9.08. The second kappa shape index (κ2) is 25.6. The van der Waals surface area contributed by atoms with Crippen molar-refractivity contribution in [1.82, 2.24) is 31.9 Å². The predicted molar refractivity (Wildman–Crippen MR) is 247 cm³/mol. The molecule has 0 fully saturated rings. The zero-order chi connectivity index (χ0) is 51.9. The lowest BCUT2D eigenvalue weighted by Gasteiger charge is -2.34. The van der Waals surface area contributed by atoms with Gasteiger partial charge in [0.25, 0.3) is 5.91 Å². The maximum Gasteiger partial charge on any atom is 0.391 e. The van der Waals surface area contributed by atoms with Gasteiger partial charge in [0, 0.05) is 12.0 Å². The Morgan fingerprint density at radius 1 is 0.768 bits per heavy atom. The van der Waals surface area contributed by atoms with Gasteiger partial charge in [0.2, 0.25) is 39.6 Å². The minimum Gasteiger partial charge on any atom is -0.394 e. The maximum absolute atomic E-state index is 14.4. The molecule has 3 aromatic rings. The van der Waals surface area contributed by atoms with Gasteiger partial charge in [-0.15, -0.1) is 0 Å². The summed E-state index contributed by atoms with van der Waals surface area (Å²) in [5, 5.41) is 29.7. The van der Waals surface area contributed by atoms with Crippen LogP contribution in [-0.4, -0.2) is 111 Å². The predicted octanol–water partition coefficient (Wildman–Crippen LogP) is 2.51. The van der Waals surface area contributed by atoms with Crippen molar-refractivity contribution in [3.63, 3.8) is 0 Å². The molecule has 0 aliphatic carbocycles. The molecule has 18 nitrogen and oxygen atoms in total. The quantitative estimate of drug-likeness (QED) is 0.0604. The van der Waals surface area contributed by atoms with Gasteiger partial charge in [-0.05, 0) is 59.6 Å².